The summed E-state index contributed by atoms with van der Waals surface area (Å²) in [5, 5.41) is 6.46. The Hall–Kier alpha value is -1.50. The standard InChI is InChI=1S/C14H20ClN3O3/c1-20-11-6-8(16)5-9(15)13(11)14(19)18-10-3-4-17-7-12(10)21-2/h5-6,10,12,17H,3-4,7,16H2,1-2H3,(H,18,19)/t10-,12+/m1/s1. The highest BCUT2D eigenvalue weighted by Gasteiger charge is 2.28. The van der Waals surface area contributed by atoms with Crippen LogP contribution >= 0.6 is 11.6 Å². The molecule has 0 saturated carbocycles. The van der Waals surface area contributed by atoms with Crippen molar-refractivity contribution in [2.45, 2.75) is 18.6 Å². The highest BCUT2D eigenvalue weighted by Crippen LogP contribution is 2.30. The monoisotopic (exact) mass is 313 g/mol. The molecule has 1 aromatic carbocycles. The number of hydrogen-bond acceptors (Lipinski definition) is 5. The lowest BCUT2D eigenvalue weighted by atomic mass is 10.0. The third kappa shape index (κ3) is 3.58. The number of nitrogens with one attached hydrogen (secondary N) is 2. The van der Waals surface area contributed by atoms with E-state index in [2.05, 4.69) is 10.6 Å². The van der Waals surface area contributed by atoms with Crippen LogP contribution in [0.5, 0.6) is 5.75 Å². The van der Waals surface area contributed by atoms with Crippen LogP contribution in [0.2, 0.25) is 5.02 Å². The highest BCUT2D eigenvalue weighted by atomic mass is 35.5. The van der Waals surface area contributed by atoms with Gasteiger partial charge in [0.15, 0.2) is 0 Å². The second-order valence-corrected chi connectivity index (χ2v) is 5.33. The molecular weight excluding hydrogens is 294 g/mol. The summed E-state index contributed by atoms with van der Waals surface area (Å²) in [6.07, 6.45) is 0.723. The molecular formula is C14H20ClN3O3. The van der Waals surface area contributed by atoms with Gasteiger partial charge in [-0.3, -0.25) is 4.79 Å². The van der Waals surface area contributed by atoms with Gasteiger partial charge in [-0.2, -0.15) is 0 Å². The maximum atomic E-state index is 12.5. The fraction of sp³-hybridized carbons (Fsp3) is 0.500. The van der Waals surface area contributed by atoms with Crippen molar-refractivity contribution >= 4 is 23.2 Å². The molecule has 0 radical (unpaired) electrons. The predicted molar refractivity (Wildman–Crippen MR) is 82.0 cm³/mol. The van der Waals surface area contributed by atoms with E-state index in [-0.39, 0.29) is 23.1 Å². The minimum atomic E-state index is -0.286. The Morgan fingerprint density at radius 2 is 2.24 bits per heavy atom. The first-order chi connectivity index (χ1) is 10.1. The van der Waals surface area contributed by atoms with Gasteiger partial charge in [-0.1, -0.05) is 11.6 Å². The largest absolute Gasteiger partial charge is 0.496 e. The van der Waals surface area contributed by atoms with Gasteiger partial charge in [-0.05, 0) is 19.0 Å². The Balaban J connectivity index is 2.20. The molecule has 1 amide bonds. The molecule has 1 fully saturated rings. The summed E-state index contributed by atoms with van der Waals surface area (Å²) in [6.45, 7) is 1.53. The van der Waals surface area contributed by atoms with Crippen LogP contribution in [0.3, 0.4) is 0 Å². The molecule has 2 rings (SSSR count). The molecule has 116 valence electrons. The lowest BCUT2D eigenvalue weighted by Gasteiger charge is -2.31. The fourth-order valence-electron chi connectivity index (χ4n) is 2.47. The zero-order valence-corrected chi connectivity index (χ0v) is 12.9. The first-order valence-corrected chi connectivity index (χ1v) is 7.12. The summed E-state index contributed by atoms with van der Waals surface area (Å²) in [5.41, 5.74) is 6.45. The van der Waals surface area contributed by atoms with Gasteiger partial charge < -0.3 is 25.8 Å². The van der Waals surface area contributed by atoms with Crippen molar-refractivity contribution in [2.24, 2.45) is 0 Å². The second-order valence-electron chi connectivity index (χ2n) is 4.93. The van der Waals surface area contributed by atoms with Crippen molar-refractivity contribution in [3.05, 3.63) is 22.7 Å². The van der Waals surface area contributed by atoms with Crippen LogP contribution in [0, 0.1) is 0 Å². The second kappa shape index (κ2) is 6.98. The number of anilines is 1. The summed E-state index contributed by atoms with van der Waals surface area (Å²) < 4.78 is 10.6. The molecule has 7 heteroatoms. The number of hydrogen-bond donors (Lipinski definition) is 3. The Kier molecular flexibility index (Phi) is 5.27. The van der Waals surface area contributed by atoms with E-state index in [4.69, 9.17) is 26.8 Å². The van der Waals surface area contributed by atoms with Crippen molar-refractivity contribution in [1.82, 2.24) is 10.6 Å². The van der Waals surface area contributed by atoms with E-state index in [1.807, 2.05) is 0 Å². The third-order valence-electron chi connectivity index (χ3n) is 3.57. The Bertz CT molecular complexity index is 524. The van der Waals surface area contributed by atoms with Crippen molar-refractivity contribution in [3.8, 4) is 5.75 Å². The van der Waals surface area contributed by atoms with Crippen LogP contribution in [0.1, 0.15) is 16.8 Å². The van der Waals surface area contributed by atoms with Crippen LogP contribution in [-0.4, -0.2) is 45.4 Å². The first-order valence-electron chi connectivity index (χ1n) is 6.74. The SMILES string of the molecule is COc1cc(N)cc(Cl)c1C(=O)N[C@@H]1CCNC[C@@H]1OC. The van der Waals surface area contributed by atoms with Crippen LogP contribution in [0.25, 0.3) is 0 Å². The molecule has 1 aliphatic heterocycles. The number of halogens is 1. The van der Waals surface area contributed by atoms with Crippen LogP contribution in [0.15, 0.2) is 12.1 Å². The van der Waals surface area contributed by atoms with E-state index >= 15 is 0 Å². The van der Waals surface area contributed by atoms with E-state index in [0.29, 0.717) is 23.5 Å². The highest BCUT2D eigenvalue weighted by molar-refractivity contribution is 6.34. The quantitative estimate of drug-likeness (QED) is 0.723. The number of amides is 1. The van der Waals surface area contributed by atoms with Crippen LogP contribution < -0.4 is 21.1 Å². The number of carbonyl (C=O) groups excluding carboxylic acids is 1. The van der Waals surface area contributed by atoms with Crippen molar-refractivity contribution in [3.63, 3.8) is 0 Å². The maximum Gasteiger partial charge on any atom is 0.256 e. The summed E-state index contributed by atoms with van der Waals surface area (Å²) in [7, 11) is 3.11. The molecule has 1 saturated heterocycles. The zero-order chi connectivity index (χ0) is 15.4. The van der Waals surface area contributed by atoms with Crippen molar-refractivity contribution < 1.29 is 14.3 Å². The molecule has 6 nitrogen and oxygen atoms in total. The summed E-state index contributed by atoms with van der Waals surface area (Å²) >= 11 is 6.13. The van der Waals surface area contributed by atoms with Crippen LogP contribution in [-0.2, 0) is 4.74 Å². The first kappa shape index (κ1) is 15.9. The van der Waals surface area contributed by atoms with Gasteiger partial charge in [0.05, 0.1) is 24.3 Å². The minimum absolute atomic E-state index is 0.0675. The van der Waals surface area contributed by atoms with Gasteiger partial charge >= 0.3 is 0 Å². The number of methoxy groups -OCH3 is 2. The lowest BCUT2D eigenvalue weighted by molar-refractivity contribution is 0.0476. The fourth-order valence-corrected chi connectivity index (χ4v) is 2.77. The van der Waals surface area contributed by atoms with Gasteiger partial charge in [0.2, 0.25) is 0 Å². The van der Waals surface area contributed by atoms with Gasteiger partial charge in [0.1, 0.15) is 11.3 Å². The third-order valence-corrected chi connectivity index (χ3v) is 3.87. The van der Waals surface area contributed by atoms with E-state index < -0.39 is 0 Å². The average molecular weight is 314 g/mol. The van der Waals surface area contributed by atoms with Crippen molar-refractivity contribution in [2.75, 3.05) is 33.0 Å². The number of piperidine rings is 1. The average Bonchev–Trinajstić information content (AvgIpc) is 2.46. The predicted octanol–water partition coefficient (Wildman–Crippen LogP) is 1.04. The molecule has 0 bridgehead atoms. The summed E-state index contributed by atoms with van der Waals surface area (Å²) in [6, 6.07) is 3.05. The maximum absolute atomic E-state index is 12.5. The number of nitrogens with two attached hydrogens (primary N) is 1. The molecule has 2 atom stereocenters. The number of nitrogen functional groups attached to an aromatic ring is 1. The Morgan fingerprint density at radius 1 is 1.48 bits per heavy atom. The van der Waals surface area contributed by atoms with Gasteiger partial charge in [0, 0.05) is 25.4 Å². The summed E-state index contributed by atoms with van der Waals surface area (Å²) in [4.78, 5) is 12.5. The smallest absolute Gasteiger partial charge is 0.256 e. The normalized spacial score (nSPS) is 21.9. The molecule has 0 aliphatic carbocycles. The van der Waals surface area contributed by atoms with E-state index in [1.165, 1.54) is 13.2 Å². The number of benzene rings is 1. The zero-order valence-electron chi connectivity index (χ0n) is 12.1. The molecule has 1 heterocycles. The van der Waals surface area contributed by atoms with Gasteiger partial charge in [0.25, 0.3) is 5.91 Å². The van der Waals surface area contributed by atoms with Gasteiger partial charge in [-0.25, -0.2) is 0 Å². The molecule has 1 aliphatic rings. The van der Waals surface area contributed by atoms with Crippen molar-refractivity contribution in [1.29, 1.82) is 0 Å². The summed E-state index contributed by atoms with van der Waals surface area (Å²) in [5.74, 6) is 0.0752. The Labute approximate surface area is 128 Å². The number of ether oxygens (including phenoxy) is 2. The van der Waals surface area contributed by atoms with E-state index in [0.717, 1.165) is 13.0 Å². The molecule has 1 aromatic rings. The van der Waals surface area contributed by atoms with Crippen LogP contribution in [0.4, 0.5) is 5.69 Å². The Morgan fingerprint density at radius 3 is 2.90 bits per heavy atom. The number of carbonyl (C=O) groups is 1. The van der Waals surface area contributed by atoms with Gasteiger partial charge in [-0.15, -0.1) is 0 Å². The minimum Gasteiger partial charge on any atom is -0.496 e. The molecule has 4 N–H and O–H groups in total. The molecule has 21 heavy (non-hydrogen) atoms. The lowest BCUT2D eigenvalue weighted by Crippen LogP contribution is -2.53. The topological polar surface area (TPSA) is 85.6 Å². The molecule has 0 spiro atoms. The molecule has 0 unspecified atom stereocenters. The van der Waals surface area contributed by atoms with E-state index in [9.17, 15) is 4.79 Å². The van der Waals surface area contributed by atoms with E-state index in [1.54, 1.807) is 13.2 Å². The molecule has 0 aromatic heterocycles. The number of rotatable bonds is 4.